The smallest absolute Gasteiger partial charge is 0.244 e. The Morgan fingerprint density at radius 1 is 1.40 bits per heavy atom. The number of hydrogen-bond donors (Lipinski definition) is 1. The molecule has 1 amide bonds. The molecule has 2 aliphatic rings. The normalized spacial score (nSPS) is 26.8. The van der Waals surface area contributed by atoms with E-state index < -0.39 is 10.8 Å². The topological polar surface area (TPSA) is 49.4 Å². The lowest BCUT2D eigenvalue weighted by Crippen LogP contribution is -2.41. The van der Waals surface area contributed by atoms with Crippen LogP contribution in [0.5, 0.6) is 0 Å². The number of amides is 1. The van der Waals surface area contributed by atoms with Gasteiger partial charge in [0.1, 0.15) is 11.7 Å². The number of nitrogens with zero attached hydrogens (tertiary/aromatic N) is 1. The van der Waals surface area contributed by atoms with Crippen molar-refractivity contribution in [3.8, 4) is 0 Å². The van der Waals surface area contributed by atoms with E-state index in [-0.39, 0.29) is 23.7 Å². The van der Waals surface area contributed by atoms with Gasteiger partial charge in [0.15, 0.2) is 0 Å². The first-order valence-corrected chi connectivity index (χ1v) is 8.72. The van der Waals surface area contributed by atoms with E-state index in [0.29, 0.717) is 5.75 Å². The molecule has 3 rings (SSSR count). The molecule has 1 spiro atoms. The van der Waals surface area contributed by atoms with E-state index in [4.69, 9.17) is 0 Å². The minimum absolute atomic E-state index is 0.0222. The molecule has 108 valence electrons. The fourth-order valence-electron chi connectivity index (χ4n) is 2.99. The molecule has 0 radical (unpaired) electrons. The zero-order valence-corrected chi connectivity index (χ0v) is 12.7. The maximum atomic E-state index is 12.7. The van der Waals surface area contributed by atoms with Crippen LogP contribution in [-0.4, -0.2) is 38.6 Å². The molecule has 1 N–H and O–H groups in total. The molecule has 3 atom stereocenters. The maximum absolute atomic E-state index is 12.7. The number of carbonyl (C=O) groups is 1. The van der Waals surface area contributed by atoms with Crippen LogP contribution in [0.4, 0.5) is 0 Å². The number of benzene rings is 1. The van der Waals surface area contributed by atoms with Gasteiger partial charge in [-0.3, -0.25) is 14.3 Å². The van der Waals surface area contributed by atoms with Gasteiger partial charge in [0.25, 0.3) is 0 Å². The summed E-state index contributed by atoms with van der Waals surface area (Å²) in [7, 11) is -0.904. The summed E-state index contributed by atoms with van der Waals surface area (Å²) in [5, 5.41) is 3.49. The summed E-state index contributed by atoms with van der Waals surface area (Å²) in [6, 6.07) is 10.00. The Morgan fingerprint density at radius 3 is 2.60 bits per heavy atom. The first-order valence-electron chi connectivity index (χ1n) is 6.99. The van der Waals surface area contributed by atoms with Crippen molar-refractivity contribution >= 4 is 16.7 Å². The molecule has 2 fully saturated rings. The molecule has 1 saturated carbocycles. The van der Waals surface area contributed by atoms with Gasteiger partial charge in [-0.2, -0.15) is 0 Å². The average Bonchev–Trinajstić information content (AvgIpc) is 3.12. The van der Waals surface area contributed by atoms with E-state index >= 15 is 0 Å². The molecule has 1 aromatic rings. The van der Waals surface area contributed by atoms with Crippen molar-refractivity contribution < 1.29 is 9.00 Å². The largest absolute Gasteiger partial charge is 0.318 e. The minimum Gasteiger partial charge on any atom is -0.318 e. The Hall–Kier alpha value is -1.20. The van der Waals surface area contributed by atoms with Crippen molar-refractivity contribution in [2.45, 2.75) is 37.5 Å². The molecule has 1 aliphatic carbocycles. The van der Waals surface area contributed by atoms with E-state index in [9.17, 15) is 9.00 Å². The second kappa shape index (κ2) is 4.97. The predicted molar refractivity (Wildman–Crippen MR) is 79.5 cm³/mol. The number of carbonyl (C=O) groups excluding carboxylic acids is 1. The van der Waals surface area contributed by atoms with Gasteiger partial charge in [0.05, 0.1) is 0 Å². The lowest BCUT2D eigenvalue weighted by Gasteiger charge is -2.30. The van der Waals surface area contributed by atoms with E-state index in [1.165, 1.54) is 0 Å². The molecule has 0 bridgehead atoms. The standard InChI is InChI=1S/C15H20N2O2S/c1-11(10-20(2)19)17-13(12-6-4-3-5-7-12)16-15(8-9-15)14(17)18/h3-7,11,13,16H,8-10H2,1-2H3. The molecule has 0 aromatic heterocycles. The fourth-order valence-corrected chi connectivity index (χ4v) is 3.83. The second-order valence-electron chi connectivity index (χ2n) is 5.84. The lowest BCUT2D eigenvalue weighted by molar-refractivity contribution is -0.132. The van der Waals surface area contributed by atoms with Gasteiger partial charge < -0.3 is 4.90 Å². The summed E-state index contributed by atoms with van der Waals surface area (Å²) in [5.74, 6) is 0.691. The summed E-state index contributed by atoms with van der Waals surface area (Å²) >= 11 is 0. The maximum Gasteiger partial charge on any atom is 0.244 e. The van der Waals surface area contributed by atoms with Gasteiger partial charge >= 0.3 is 0 Å². The molecule has 20 heavy (non-hydrogen) atoms. The van der Waals surface area contributed by atoms with Gasteiger partial charge in [-0.15, -0.1) is 0 Å². The van der Waals surface area contributed by atoms with Crippen molar-refractivity contribution in [1.82, 2.24) is 10.2 Å². The van der Waals surface area contributed by atoms with Crippen LogP contribution in [0.15, 0.2) is 30.3 Å². The van der Waals surface area contributed by atoms with Crippen LogP contribution >= 0.6 is 0 Å². The van der Waals surface area contributed by atoms with Crippen molar-refractivity contribution in [2.24, 2.45) is 0 Å². The first kappa shape index (κ1) is 13.8. The van der Waals surface area contributed by atoms with Crippen LogP contribution < -0.4 is 5.32 Å². The van der Waals surface area contributed by atoms with Gasteiger partial charge in [-0.1, -0.05) is 30.3 Å². The molecule has 1 heterocycles. The number of hydrogen-bond acceptors (Lipinski definition) is 3. The van der Waals surface area contributed by atoms with Gasteiger partial charge in [0, 0.05) is 28.9 Å². The summed E-state index contributed by atoms with van der Waals surface area (Å²) in [4.78, 5) is 14.6. The summed E-state index contributed by atoms with van der Waals surface area (Å²) in [6.45, 7) is 1.98. The van der Waals surface area contributed by atoms with Crippen LogP contribution in [0, 0.1) is 0 Å². The van der Waals surface area contributed by atoms with Crippen molar-refractivity contribution in [1.29, 1.82) is 0 Å². The van der Waals surface area contributed by atoms with Gasteiger partial charge in [-0.25, -0.2) is 0 Å². The van der Waals surface area contributed by atoms with Crippen LogP contribution in [0.25, 0.3) is 0 Å². The Kier molecular flexibility index (Phi) is 3.42. The molecule has 1 saturated heterocycles. The first-order chi connectivity index (χ1) is 9.53. The molecule has 4 nitrogen and oxygen atoms in total. The third kappa shape index (κ3) is 2.29. The Bertz CT molecular complexity index is 542. The zero-order chi connectivity index (χ0) is 14.3. The fraction of sp³-hybridized carbons (Fsp3) is 0.533. The third-order valence-electron chi connectivity index (χ3n) is 4.15. The molecule has 5 heteroatoms. The lowest BCUT2D eigenvalue weighted by atomic mass is 10.1. The zero-order valence-electron chi connectivity index (χ0n) is 11.8. The highest BCUT2D eigenvalue weighted by Gasteiger charge is 2.60. The average molecular weight is 292 g/mol. The van der Waals surface area contributed by atoms with Crippen molar-refractivity contribution in [3.63, 3.8) is 0 Å². The van der Waals surface area contributed by atoms with E-state index in [1.807, 2.05) is 42.2 Å². The van der Waals surface area contributed by atoms with Crippen LogP contribution in [0.1, 0.15) is 31.5 Å². The number of rotatable bonds is 4. The third-order valence-corrected chi connectivity index (χ3v) is 5.10. The summed E-state index contributed by atoms with van der Waals surface area (Å²) < 4.78 is 11.5. The van der Waals surface area contributed by atoms with Crippen LogP contribution in [0.3, 0.4) is 0 Å². The second-order valence-corrected chi connectivity index (χ2v) is 7.32. The highest BCUT2D eigenvalue weighted by Crippen LogP contribution is 2.46. The Labute approximate surface area is 122 Å². The van der Waals surface area contributed by atoms with Gasteiger partial charge in [0.2, 0.25) is 5.91 Å². The molecule has 1 aromatic carbocycles. The van der Waals surface area contributed by atoms with E-state index in [2.05, 4.69) is 5.32 Å². The Morgan fingerprint density at radius 2 is 2.05 bits per heavy atom. The molecule has 3 unspecified atom stereocenters. The number of nitrogens with one attached hydrogen (secondary N) is 1. The highest BCUT2D eigenvalue weighted by molar-refractivity contribution is 7.84. The molecule has 1 aliphatic heterocycles. The Balaban J connectivity index is 1.91. The van der Waals surface area contributed by atoms with Crippen molar-refractivity contribution in [3.05, 3.63) is 35.9 Å². The van der Waals surface area contributed by atoms with E-state index in [0.717, 1.165) is 18.4 Å². The quantitative estimate of drug-likeness (QED) is 0.913. The molecular formula is C15H20N2O2S. The minimum atomic E-state index is -0.904. The van der Waals surface area contributed by atoms with Crippen LogP contribution in [-0.2, 0) is 15.6 Å². The highest BCUT2D eigenvalue weighted by atomic mass is 32.2. The van der Waals surface area contributed by atoms with Crippen LogP contribution in [0.2, 0.25) is 0 Å². The summed E-state index contributed by atoms with van der Waals surface area (Å²) in [5.41, 5.74) is 0.752. The molecular weight excluding hydrogens is 272 g/mol. The summed E-state index contributed by atoms with van der Waals surface area (Å²) in [6.07, 6.45) is 3.42. The van der Waals surface area contributed by atoms with Crippen molar-refractivity contribution in [2.75, 3.05) is 12.0 Å². The van der Waals surface area contributed by atoms with E-state index in [1.54, 1.807) is 6.26 Å². The SMILES string of the molecule is CC(CS(C)=O)N1C(=O)C2(CC2)NC1c1ccccc1. The predicted octanol–water partition coefficient (Wildman–Crippen LogP) is 1.42. The van der Waals surface area contributed by atoms with Gasteiger partial charge in [-0.05, 0) is 25.3 Å². The monoisotopic (exact) mass is 292 g/mol.